The van der Waals surface area contributed by atoms with Crippen LogP contribution >= 0.6 is 0 Å². The molecular formula is C13H16N2O. The van der Waals surface area contributed by atoms with Crippen LogP contribution in [0.15, 0.2) is 29.4 Å². The first-order valence-electron chi connectivity index (χ1n) is 5.52. The Labute approximate surface area is 95.8 Å². The van der Waals surface area contributed by atoms with Crippen molar-refractivity contribution >= 4 is 11.6 Å². The van der Waals surface area contributed by atoms with Crippen LogP contribution < -0.4 is 0 Å². The Morgan fingerprint density at radius 3 is 2.31 bits per heavy atom. The van der Waals surface area contributed by atoms with Gasteiger partial charge in [0.25, 0.3) is 0 Å². The van der Waals surface area contributed by atoms with Crippen LogP contribution in [0.25, 0.3) is 0 Å². The maximum Gasteiger partial charge on any atom is 0.248 e. The van der Waals surface area contributed by atoms with Crippen molar-refractivity contribution in [2.24, 2.45) is 5.10 Å². The molecule has 3 nitrogen and oxygen atoms in total. The molecule has 0 fully saturated rings. The predicted octanol–water partition coefficient (Wildman–Crippen LogP) is 2.38. The van der Waals surface area contributed by atoms with Gasteiger partial charge in [0, 0.05) is 7.05 Å². The lowest BCUT2D eigenvalue weighted by Gasteiger charge is -2.06. The van der Waals surface area contributed by atoms with Crippen LogP contribution in [0.2, 0.25) is 0 Å². The lowest BCUT2D eigenvalue weighted by atomic mass is 9.99. The number of amides is 1. The van der Waals surface area contributed by atoms with Gasteiger partial charge in [-0.2, -0.15) is 5.10 Å². The molecule has 0 radical (unpaired) electrons. The summed E-state index contributed by atoms with van der Waals surface area (Å²) in [4.78, 5) is 11.3. The Bertz CT molecular complexity index is 432. The monoisotopic (exact) mass is 216 g/mol. The summed E-state index contributed by atoms with van der Waals surface area (Å²) in [6, 6.07) is 8.29. The van der Waals surface area contributed by atoms with Gasteiger partial charge in [-0.25, -0.2) is 5.01 Å². The molecule has 1 amide bonds. The summed E-state index contributed by atoms with van der Waals surface area (Å²) in [7, 11) is 1.69. The highest BCUT2D eigenvalue weighted by Crippen LogP contribution is 2.18. The Balaban J connectivity index is 2.23. The molecular weight excluding hydrogens is 200 g/mol. The third-order valence-corrected chi connectivity index (χ3v) is 2.86. The van der Waals surface area contributed by atoms with Crippen molar-refractivity contribution in [1.29, 1.82) is 0 Å². The minimum absolute atomic E-state index is 0.0583. The second-order valence-electron chi connectivity index (χ2n) is 4.42. The van der Waals surface area contributed by atoms with Gasteiger partial charge in [0.05, 0.1) is 12.1 Å². The molecule has 3 heteroatoms. The first-order valence-corrected chi connectivity index (χ1v) is 5.52. The number of hydrogen-bond donors (Lipinski definition) is 0. The summed E-state index contributed by atoms with van der Waals surface area (Å²) in [6.45, 7) is 4.33. The van der Waals surface area contributed by atoms with Gasteiger partial charge in [0.1, 0.15) is 0 Å². The number of benzene rings is 1. The van der Waals surface area contributed by atoms with Crippen LogP contribution in [0.4, 0.5) is 0 Å². The van der Waals surface area contributed by atoms with Gasteiger partial charge >= 0.3 is 0 Å². The van der Waals surface area contributed by atoms with Crippen LogP contribution in [0.5, 0.6) is 0 Å². The van der Waals surface area contributed by atoms with E-state index in [1.54, 1.807) is 7.05 Å². The van der Waals surface area contributed by atoms with Gasteiger partial charge in [-0.05, 0) is 17.0 Å². The second-order valence-corrected chi connectivity index (χ2v) is 4.42. The number of nitrogens with zero attached hydrogens (tertiary/aromatic N) is 2. The van der Waals surface area contributed by atoms with E-state index in [4.69, 9.17) is 0 Å². The fourth-order valence-corrected chi connectivity index (χ4v) is 1.75. The highest BCUT2D eigenvalue weighted by atomic mass is 16.2. The van der Waals surface area contributed by atoms with E-state index in [2.05, 4.69) is 31.1 Å². The largest absolute Gasteiger partial charge is 0.273 e. The highest BCUT2D eigenvalue weighted by Gasteiger charge is 2.21. The molecule has 0 aliphatic carbocycles. The van der Waals surface area contributed by atoms with E-state index in [9.17, 15) is 4.79 Å². The predicted molar refractivity (Wildman–Crippen MR) is 64.5 cm³/mol. The first-order chi connectivity index (χ1) is 7.58. The van der Waals surface area contributed by atoms with Crippen molar-refractivity contribution in [2.75, 3.05) is 7.05 Å². The second kappa shape index (κ2) is 4.08. The molecule has 0 N–H and O–H groups in total. The summed E-state index contributed by atoms with van der Waals surface area (Å²) in [5.74, 6) is 0.590. The maximum absolute atomic E-state index is 11.3. The summed E-state index contributed by atoms with van der Waals surface area (Å²) >= 11 is 0. The molecule has 0 spiro atoms. The standard InChI is InChI=1S/C13H16N2O/c1-9(2)10-4-6-11(7-5-10)12-8-13(16)15(3)14-12/h4-7,9H,8H2,1-3H3. The average molecular weight is 216 g/mol. The van der Waals surface area contributed by atoms with Crippen LogP contribution in [0, 0.1) is 0 Å². The minimum Gasteiger partial charge on any atom is -0.273 e. The van der Waals surface area contributed by atoms with Crippen LogP contribution in [0.3, 0.4) is 0 Å². The zero-order valence-electron chi connectivity index (χ0n) is 9.90. The van der Waals surface area contributed by atoms with E-state index in [1.807, 2.05) is 12.1 Å². The van der Waals surface area contributed by atoms with Crippen molar-refractivity contribution in [2.45, 2.75) is 26.2 Å². The fourth-order valence-electron chi connectivity index (χ4n) is 1.75. The summed E-state index contributed by atoms with van der Waals surface area (Å²) in [5, 5.41) is 5.62. The van der Waals surface area contributed by atoms with E-state index < -0.39 is 0 Å². The molecule has 0 atom stereocenters. The lowest BCUT2D eigenvalue weighted by molar-refractivity contribution is -0.127. The molecule has 0 saturated carbocycles. The molecule has 0 unspecified atom stereocenters. The lowest BCUT2D eigenvalue weighted by Crippen LogP contribution is -2.14. The smallest absolute Gasteiger partial charge is 0.248 e. The molecule has 1 aliphatic heterocycles. The molecule has 1 aromatic carbocycles. The van der Waals surface area contributed by atoms with E-state index in [0.717, 1.165) is 11.3 Å². The van der Waals surface area contributed by atoms with Crippen LogP contribution in [0.1, 0.15) is 37.3 Å². The molecule has 0 bridgehead atoms. The van der Waals surface area contributed by atoms with Gasteiger partial charge in [-0.1, -0.05) is 38.1 Å². The van der Waals surface area contributed by atoms with Gasteiger partial charge in [-0.15, -0.1) is 0 Å². The third kappa shape index (κ3) is 1.98. The molecule has 2 rings (SSSR count). The summed E-state index contributed by atoms with van der Waals surface area (Å²) in [6.07, 6.45) is 0.414. The van der Waals surface area contributed by atoms with E-state index in [0.29, 0.717) is 12.3 Å². The molecule has 84 valence electrons. The first kappa shape index (κ1) is 10.9. The van der Waals surface area contributed by atoms with Gasteiger partial charge in [0.2, 0.25) is 5.91 Å². The number of hydrogen-bond acceptors (Lipinski definition) is 2. The Morgan fingerprint density at radius 2 is 1.88 bits per heavy atom. The molecule has 1 aliphatic rings. The summed E-state index contributed by atoms with van der Waals surface area (Å²) in [5.41, 5.74) is 3.21. The highest BCUT2D eigenvalue weighted by molar-refractivity contribution is 6.13. The number of carbonyl (C=O) groups excluding carboxylic acids is 1. The van der Waals surface area contributed by atoms with Crippen molar-refractivity contribution in [1.82, 2.24) is 5.01 Å². The Hall–Kier alpha value is -1.64. The SMILES string of the molecule is CC(C)c1ccc(C2=NN(C)C(=O)C2)cc1. The quantitative estimate of drug-likeness (QED) is 0.747. The number of carbonyl (C=O) groups is 1. The molecule has 1 aromatic rings. The fraction of sp³-hybridized carbons (Fsp3) is 0.385. The number of hydrazone groups is 1. The zero-order valence-corrected chi connectivity index (χ0v) is 9.90. The minimum atomic E-state index is 0.0583. The van der Waals surface area contributed by atoms with Crippen molar-refractivity contribution in [3.63, 3.8) is 0 Å². The van der Waals surface area contributed by atoms with Crippen molar-refractivity contribution in [3.8, 4) is 0 Å². The zero-order chi connectivity index (χ0) is 11.7. The molecule has 16 heavy (non-hydrogen) atoms. The van der Waals surface area contributed by atoms with Crippen molar-refractivity contribution < 1.29 is 4.79 Å². The van der Waals surface area contributed by atoms with Gasteiger partial charge in [-0.3, -0.25) is 4.79 Å². The van der Waals surface area contributed by atoms with Crippen LogP contribution in [-0.2, 0) is 4.79 Å². The third-order valence-electron chi connectivity index (χ3n) is 2.86. The van der Waals surface area contributed by atoms with E-state index in [1.165, 1.54) is 10.6 Å². The van der Waals surface area contributed by atoms with Crippen molar-refractivity contribution in [3.05, 3.63) is 35.4 Å². The Kier molecular flexibility index (Phi) is 2.77. The average Bonchev–Trinajstić information content (AvgIpc) is 2.59. The van der Waals surface area contributed by atoms with Gasteiger partial charge < -0.3 is 0 Å². The topological polar surface area (TPSA) is 32.7 Å². The normalized spacial score (nSPS) is 15.9. The molecule has 0 saturated heterocycles. The molecule has 0 aromatic heterocycles. The Morgan fingerprint density at radius 1 is 1.25 bits per heavy atom. The molecule has 1 heterocycles. The van der Waals surface area contributed by atoms with E-state index >= 15 is 0 Å². The van der Waals surface area contributed by atoms with E-state index in [-0.39, 0.29) is 5.91 Å². The van der Waals surface area contributed by atoms with Crippen LogP contribution in [-0.4, -0.2) is 23.7 Å². The van der Waals surface area contributed by atoms with Gasteiger partial charge in [0.15, 0.2) is 0 Å². The summed E-state index contributed by atoms with van der Waals surface area (Å²) < 4.78 is 0. The number of rotatable bonds is 2. The maximum atomic E-state index is 11.3.